The van der Waals surface area contributed by atoms with Crippen LogP contribution in [0.2, 0.25) is 20.1 Å². The molecule has 0 atom stereocenters. The van der Waals surface area contributed by atoms with Gasteiger partial charge in [-0.15, -0.1) is 0 Å². The van der Waals surface area contributed by atoms with E-state index in [-0.39, 0.29) is 24.0 Å². The van der Waals surface area contributed by atoms with E-state index in [1.165, 1.54) is 10.8 Å². The number of ether oxygens (including phenoxy) is 1. The fourth-order valence-corrected chi connectivity index (χ4v) is 9.44. The molecule has 2 aliphatic rings. The molecule has 0 N–H and O–H groups in total. The largest absolute Gasteiger partial charge is 0.488 e. The van der Waals surface area contributed by atoms with Crippen molar-refractivity contribution in [3.05, 3.63) is 258 Å². The first-order valence-electron chi connectivity index (χ1n) is 21.9. The lowest BCUT2D eigenvalue weighted by Crippen LogP contribution is -2.18. The predicted octanol–water partition coefficient (Wildman–Crippen LogP) is 16.9. The van der Waals surface area contributed by atoms with Crippen LogP contribution in [0, 0.1) is 0 Å². The zero-order valence-electron chi connectivity index (χ0n) is 36.4. The minimum atomic E-state index is -0.0529. The van der Waals surface area contributed by atoms with E-state index < -0.39 is 0 Å². The van der Waals surface area contributed by atoms with Gasteiger partial charge in [-0.05, 0) is 123 Å². The number of para-hydroxylation sites is 1. The number of aryl methyl sites for hydroxylation is 1. The molecule has 332 valence electrons. The summed E-state index contributed by atoms with van der Waals surface area (Å²) in [5.74, 6) is 0.659. The minimum absolute atomic E-state index is 0.0289. The summed E-state index contributed by atoms with van der Waals surface area (Å²) in [6.07, 6.45) is 8.71. The molecule has 4 nitrogen and oxygen atoms in total. The highest BCUT2D eigenvalue weighted by atomic mass is 35.5. The van der Waals surface area contributed by atoms with Gasteiger partial charge in [0.05, 0.1) is 5.56 Å². The van der Waals surface area contributed by atoms with E-state index in [4.69, 9.17) is 51.1 Å². The number of carbonyl (C=O) groups is 3. The molecule has 0 unspecified atom stereocenters. The van der Waals surface area contributed by atoms with Crippen molar-refractivity contribution in [3.63, 3.8) is 0 Å². The standard InChI is InChI=1S/C27H18O.C17H12Cl2O.C16H10Cl2O2/c28-26(16-14-19-13-15-20-7-1-2-8-21(20)17-19)27-24-11-5-3-9-22(24)18-23-10-4-6-12-25(23)27;18-15-6-3-7-16(19)14(15)10-12-9-8-11-4-1-2-5-13(11)17(12)20;17-13-5-3-6-14(18)12(13)8-10-9-20-15-7-2-1-4-11(15)16(10)19/h1-18H;1-7,10H,8-9H2;1-8H,9H2/b16-14+;12-10+;10-8+. The molecule has 0 saturated carbocycles. The average Bonchev–Trinajstić information content (AvgIpc) is 3.36. The first kappa shape index (κ1) is 46.1. The minimum Gasteiger partial charge on any atom is -0.488 e. The van der Waals surface area contributed by atoms with E-state index in [0.29, 0.717) is 42.5 Å². The maximum Gasteiger partial charge on any atom is 0.196 e. The summed E-state index contributed by atoms with van der Waals surface area (Å²) in [6, 6.07) is 58.3. The van der Waals surface area contributed by atoms with Crippen LogP contribution in [0.5, 0.6) is 5.75 Å². The number of carbonyl (C=O) groups excluding carboxylic acids is 3. The van der Waals surface area contributed by atoms with Crippen LogP contribution in [0.15, 0.2) is 199 Å². The highest BCUT2D eigenvalue weighted by molar-refractivity contribution is 6.38. The Kier molecular flexibility index (Phi) is 14.1. The molecule has 9 aromatic carbocycles. The monoisotopic (exact) mass is 964 g/mol. The Bertz CT molecular complexity index is 3310. The van der Waals surface area contributed by atoms with Gasteiger partial charge in [-0.2, -0.15) is 0 Å². The van der Waals surface area contributed by atoms with Gasteiger partial charge < -0.3 is 4.74 Å². The molecule has 0 aromatic heterocycles. The third-order valence-electron chi connectivity index (χ3n) is 11.9. The lowest BCUT2D eigenvalue weighted by Gasteiger charge is -2.18. The van der Waals surface area contributed by atoms with Crippen LogP contribution in [0.1, 0.15) is 59.7 Å². The molecule has 1 heterocycles. The normalized spacial score (nSPS) is 14.2. The summed E-state index contributed by atoms with van der Waals surface area (Å²) in [6.45, 7) is 0.220. The first-order valence-corrected chi connectivity index (χ1v) is 23.4. The number of rotatable bonds is 5. The summed E-state index contributed by atoms with van der Waals surface area (Å²) in [4.78, 5) is 38.1. The fourth-order valence-electron chi connectivity index (χ4n) is 8.43. The summed E-state index contributed by atoms with van der Waals surface area (Å²) in [7, 11) is 0. The zero-order valence-corrected chi connectivity index (χ0v) is 39.4. The quantitative estimate of drug-likeness (QED) is 0.0979. The molecule has 0 bridgehead atoms. The predicted molar refractivity (Wildman–Crippen MR) is 283 cm³/mol. The number of fused-ring (bicyclic) bond motifs is 5. The Morgan fingerprint density at radius 1 is 0.471 bits per heavy atom. The molecule has 9 aromatic rings. The van der Waals surface area contributed by atoms with Crippen molar-refractivity contribution in [2.45, 2.75) is 12.8 Å². The number of hydrogen-bond donors (Lipinski definition) is 0. The van der Waals surface area contributed by atoms with E-state index in [0.717, 1.165) is 67.8 Å². The van der Waals surface area contributed by atoms with E-state index in [1.807, 2.05) is 103 Å². The Morgan fingerprint density at radius 3 is 1.63 bits per heavy atom. The molecular weight excluding hydrogens is 926 g/mol. The maximum atomic E-state index is 13.2. The molecular formula is C60H40Cl4O4. The van der Waals surface area contributed by atoms with Crippen molar-refractivity contribution in [1.29, 1.82) is 0 Å². The van der Waals surface area contributed by atoms with Crippen molar-refractivity contribution < 1.29 is 19.1 Å². The highest BCUT2D eigenvalue weighted by Gasteiger charge is 2.24. The number of hydrogen-bond acceptors (Lipinski definition) is 4. The second-order valence-electron chi connectivity index (χ2n) is 16.2. The van der Waals surface area contributed by atoms with Crippen molar-refractivity contribution in [2.24, 2.45) is 0 Å². The van der Waals surface area contributed by atoms with E-state index in [9.17, 15) is 14.4 Å². The molecule has 11 rings (SSSR count). The van der Waals surface area contributed by atoms with Gasteiger partial charge in [-0.1, -0.05) is 186 Å². The average molecular weight is 967 g/mol. The number of allylic oxidation sites excluding steroid dienone is 2. The number of Topliss-reactive ketones (excluding diaryl/α,β-unsaturated/α-hetero) is 2. The van der Waals surface area contributed by atoms with Gasteiger partial charge in [0.1, 0.15) is 12.4 Å². The third-order valence-corrected chi connectivity index (χ3v) is 13.2. The molecule has 8 heteroatoms. The Morgan fingerprint density at radius 2 is 0.985 bits per heavy atom. The van der Waals surface area contributed by atoms with Gasteiger partial charge >= 0.3 is 0 Å². The van der Waals surface area contributed by atoms with Crippen LogP contribution in [0.4, 0.5) is 0 Å². The van der Waals surface area contributed by atoms with Gasteiger partial charge in [0.15, 0.2) is 17.3 Å². The Balaban J connectivity index is 0.000000130. The molecule has 1 aliphatic carbocycles. The molecule has 0 fully saturated rings. The van der Waals surface area contributed by atoms with Gasteiger partial charge in [0.25, 0.3) is 0 Å². The fraction of sp³-hybridized carbons (Fsp3) is 0.0500. The van der Waals surface area contributed by atoms with Crippen molar-refractivity contribution >= 4 is 114 Å². The van der Waals surface area contributed by atoms with Gasteiger partial charge in [0, 0.05) is 53.5 Å². The van der Waals surface area contributed by atoms with Crippen LogP contribution < -0.4 is 4.74 Å². The zero-order chi connectivity index (χ0) is 47.1. The van der Waals surface area contributed by atoms with E-state index in [2.05, 4.69) is 42.5 Å². The van der Waals surface area contributed by atoms with E-state index in [1.54, 1.807) is 60.7 Å². The lowest BCUT2D eigenvalue weighted by atomic mass is 9.86. The van der Waals surface area contributed by atoms with Crippen molar-refractivity contribution in [3.8, 4) is 5.75 Å². The van der Waals surface area contributed by atoms with Crippen LogP contribution >= 0.6 is 46.4 Å². The van der Waals surface area contributed by atoms with Gasteiger partial charge in [-0.25, -0.2) is 0 Å². The molecule has 0 radical (unpaired) electrons. The third kappa shape index (κ3) is 10.1. The van der Waals surface area contributed by atoms with Crippen LogP contribution in [0.3, 0.4) is 0 Å². The Hall–Kier alpha value is -7.05. The maximum absolute atomic E-state index is 13.2. The van der Waals surface area contributed by atoms with Gasteiger partial charge in [0.2, 0.25) is 0 Å². The topological polar surface area (TPSA) is 60.4 Å². The second-order valence-corrected chi connectivity index (χ2v) is 17.8. The lowest BCUT2D eigenvalue weighted by molar-refractivity contribution is 0.0997. The molecule has 0 amide bonds. The second kappa shape index (κ2) is 20.9. The summed E-state index contributed by atoms with van der Waals surface area (Å²) in [5.41, 5.74) is 6.92. The van der Waals surface area contributed by atoms with Crippen LogP contribution in [0.25, 0.3) is 50.5 Å². The Labute approximate surface area is 414 Å². The number of halogens is 4. The number of ketones is 3. The number of benzene rings is 9. The first-order chi connectivity index (χ1) is 33.1. The summed E-state index contributed by atoms with van der Waals surface area (Å²) in [5, 5.41) is 8.69. The molecule has 0 saturated heterocycles. The van der Waals surface area contributed by atoms with Crippen molar-refractivity contribution in [2.75, 3.05) is 6.61 Å². The van der Waals surface area contributed by atoms with Gasteiger partial charge in [-0.3, -0.25) is 14.4 Å². The SMILES string of the molecule is O=C(/C=C/c1ccc2ccccc2c1)c1c2ccccc2cc2ccccc12.O=C1/C(=C/c2c(Cl)cccc2Cl)CCc2ccccc21.O=C1/C(=C/c2c(Cl)cccc2Cl)COc2ccccc21. The smallest absolute Gasteiger partial charge is 0.196 e. The summed E-state index contributed by atoms with van der Waals surface area (Å²) < 4.78 is 5.58. The van der Waals surface area contributed by atoms with Crippen LogP contribution in [-0.4, -0.2) is 24.0 Å². The van der Waals surface area contributed by atoms with Crippen molar-refractivity contribution in [1.82, 2.24) is 0 Å². The summed E-state index contributed by atoms with van der Waals surface area (Å²) >= 11 is 24.5. The highest BCUT2D eigenvalue weighted by Crippen LogP contribution is 2.34. The molecule has 1 aliphatic heterocycles. The molecule has 68 heavy (non-hydrogen) atoms. The molecule has 0 spiro atoms. The van der Waals surface area contributed by atoms with Crippen LogP contribution in [-0.2, 0) is 6.42 Å². The van der Waals surface area contributed by atoms with E-state index >= 15 is 0 Å².